The molecule has 0 aliphatic heterocycles. The Balaban J connectivity index is 1.55. The Kier molecular flexibility index (Phi) is 4.11. The van der Waals surface area contributed by atoms with Crippen LogP contribution in [0, 0.1) is 6.92 Å². The second kappa shape index (κ2) is 6.21. The molecule has 3 rings (SSSR count). The summed E-state index contributed by atoms with van der Waals surface area (Å²) < 4.78 is 3.11. The van der Waals surface area contributed by atoms with Gasteiger partial charge in [-0.1, -0.05) is 0 Å². The van der Waals surface area contributed by atoms with Crippen LogP contribution in [0.25, 0.3) is 4.96 Å². The summed E-state index contributed by atoms with van der Waals surface area (Å²) in [5.74, 6) is -0.292. The number of thiazole rings is 1. The number of aromatic amines is 1. The fraction of sp³-hybridized carbons (Fsp3) is 0.286. The van der Waals surface area contributed by atoms with Crippen LogP contribution in [-0.4, -0.2) is 31.4 Å². The third kappa shape index (κ3) is 3.39. The van der Waals surface area contributed by atoms with Crippen LogP contribution < -0.4 is 16.6 Å². The topological polar surface area (TPSA) is 101 Å². The molecule has 120 valence electrons. The molecule has 3 aromatic heterocycles. The predicted molar refractivity (Wildman–Crippen MR) is 85.8 cm³/mol. The molecule has 8 nitrogen and oxygen atoms in total. The fourth-order valence-electron chi connectivity index (χ4n) is 2.17. The molecule has 3 aromatic rings. The van der Waals surface area contributed by atoms with Gasteiger partial charge in [0, 0.05) is 42.5 Å². The number of rotatable bonds is 5. The van der Waals surface area contributed by atoms with Crippen LogP contribution in [0.5, 0.6) is 0 Å². The summed E-state index contributed by atoms with van der Waals surface area (Å²) in [6.45, 7) is 1.88. The molecule has 0 saturated carbocycles. The minimum absolute atomic E-state index is 0.130. The van der Waals surface area contributed by atoms with E-state index in [1.165, 1.54) is 10.8 Å². The number of aryl methyl sites for hydroxylation is 1. The van der Waals surface area contributed by atoms with Gasteiger partial charge < -0.3 is 5.32 Å². The van der Waals surface area contributed by atoms with E-state index in [4.69, 9.17) is 0 Å². The normalized spacial score (nSPS) is 11.0. The molecule has 0 bridgehead atoms. The molecule has 0 aromatic carbocycles. The van der Waals surface area contributed by atoms with Crippen LogP contribution in [0.15, 0.2) is 33.6 Å². The number of carbonyl (C=O) groups is 1. The Morgan fingerprint density at radius 1 is 1.39 bits per heavy atom. The van der Waals surface area contributed by atoms with E-state index in [9.17, 15) is 14.4 Å². The first-order valence-corrected chi connectivity index (χ1v) is 7.89. The second-order valence-electron chi connectivity index (χ2n) is 5.12. The standard InChI is InChI=1S/C14H15N5O3S/c1-9-6-19(13(22)17-12(9)21)8-11(20)15-3-2-10-7-18-4-5-23-14(18)16-10/h4-7H,2-3,8H2,1H3,(H,15,20)(H,17,21,22). The smallest absolute Gasteiger partial charge is 0.328 e. The number of carbonyl (C=O) groups excluding carboxylic acids is 1. The second-order valence-corrected chi connectivity index (χ2v) is 6.00. The first-order chi connectivity index (χ1) is 11.0. The number of fused-ring (bicyclic) bond motifs is 1. The maximum atomic E-state index is 11.9. The summed E-state index contributed by atoms with van der Waals surface area (Å²) in [5, 5.41) is 4.70. The number of hydrogen-bond donors (Lipinski definition) is 2. The SMILES string of the molecule is Cc1cn(CC(=O)NCCc2cn3ccsc3n2)c(=O)[nH]c1=O. The molecule has 3 heterocycles. The van der Waals surface area contributed by atoms with E-state index in [0.717, 1.165) is 10.7 Å². The largest absolute Gasteiger partial charge is 0.354 e. The minimum Gasteiger partial charge on any atom is -0.354 e. The van der Waals surface area contributed by atoms with Crippen molar-refractivity contribution in [3.8, 4) is 0 Å². The highest BCUT2D eigenvalue weighted by Gasteiger charge is 2.07. The quantitative estimate of drug-likeness (QED) is 0.681. The number of imidazole rings is 1. The van der Waals surface area contributed by atoms with E-state index < -0.39 is 11.2 Å². The molecule has 0 spiro atoms. The van der Waals surface area contributed by atoms with E-state index in [0.29, 0.717) is 18.5 Å². The number of amides is 1. The number of nitrogens with one attached hydrogen (secondary N) is 2. The molecular formula is C14H15N5O3S. The lowest BCUT2D eigenvalue weighted by atomic mass is 10.3. The van der Waals surface area contributed by atoms with Gasteiger partial charge in [0.25, 0.3) is 5.56 Å². The van der Waals surface area contributed by atoms with Crippen molar-refractivity contribution >= 4 is 22.2 Å². The van der Waals surface area contributed by atoms with Gasteiger partial charge in [0.1, 0.15) is 6.54 Å². The summed E-state index contributed by atoms with van der Waals surface area (Å²) in [7, 11) is 0. The first kappa shape index (κ1) is 15.2. The molecule has 9 heteroatoms. The molecule has 0 atom stereocenters. The molecule has 0 aliphatic carbocycles. The molecular weight excluding hydrogens is 318 g/mol. The molecule has 1 amide bonds. The van der Waals surface area contributed by atoms with Crippen LogP contribution in [-0.2, 0) is 17.8 Å². The maximum Gasteiger partial charge on any atom is 0.328 e. The van der Waals surface area contributed by atoms with Crippen molar-refractivity contribution in [2.24, 2.45) is 0 Å². The highest BCUT2D eigenvalue weighted by molar-refractivity contribution is 7.15. The van der Waals surface area contributed by atoms with Crippen LogP contribution in [0.2, 0.25) is 0 Å². The van der Waals surface area contributed by atoms with Crippen LogP contribution >= 0.6 is 11.3 Å². The average molecular weight is 333 g/mol. The van der Waals surface area contributed by atoms with Crippen LogP contribution in [0.3, 0.4) is 0 Å². The summed E-state index contributed by atoms with van der Waals surface area (Å²) >= 11 is 1.55. The maximum absolute atomic E-state index is 11.9. The lowest BCUT2D eigenvalue weighted by molar-refractivity contribution is -0.121. The van der Waals surface area contributed by atoms with E-state index in [1.54, 1.807) is 18.3 Å². The van der Waals surface area contributed by atoms with Crippen molar-refractivity contribution < 1.29 is 4.79 Å². The summed E-state index contributed by atoms with van der Waals surface area (Å²) in [6.07, 6.45) is 5.84. The molecule has 0 saturated heterocycles. The third-order valence-electron chi connectivity index (χ3n) is 3.35. The van der Waals surface area contributed by atoms with Gasteiger partial charge in [0.2, 0.25) is 5.91 Å². The fourth-order valence-corrected chi connectivity index (χ4v) is 2.89. The van der Waals surface area contributed by atoms with Gasteiger partial charge >= 0.3 is 5.69 Å². The number of aromatic nitrogens is 4. The minimum atomic E-state index is -0.593. The van der Waals surface area contributed by atoms with Crippen molar-refractivity contribution in [3.05, 3.63) is 56.1 Å². The lowest BCUT2D eigenvalue weighted by Gasteiger charge is -2.06. The van der Waals surface area contributed by atoms with Crippen molar-refractivity contribution in [1.82, 2.24) is 24.3 Å². The molecule has 0 aliphatic rings. The summed E-state index contributed by atoms with van der Waals surface area (Å²) in [4.78, 5) is 42.3. The van der Waals surface area contributed by atoms with Gasteiger partial charge in [-0.15, -0.1) is 11.3 Å². The van der Waals surface area contributed by atoms with Crippen molar-refractivity contribution in [2.75, 3.05) is 6.54 Å². The van der Waals surface area contributed by atoms with E-state index >= 15 is 0 Å². The van der Waals surface area contributed by atoms with Gasteiger partial charge in [0.05, 0.1) is 5.69 Å². The predicted octanol–water partition coefficient (Wildman–Crippen LogP) is -0.0869. The van der Waals surface area contributed by atoms with E-state index in [1.807, 2.05) is 22.2 Å². The van der Waals surface area contributed by atoms with Gasteiger partial charge in [-0.25, -0.2) is 9.78 Å². The van der Waals surface area contributed by atoms with Gasteiger partial charge in [-0.05, 0) is 6.92 Å². The highest BCUT2D eigenvalue weighted by atomic mass is 32.1. The van der Waals surface area contributed by atoms with Crippen molar-refractivity contribution in [3.63, 3.8) is 0 Å². The Morgan fingerprint density at radius 3 is 3.00 bits per heavy atom. The molecule has 23 heavy (non-hydrogen) atoms. The first-order valence-electron chi connectivity index (χ1n) is 7.01. The zero-order chi connectivity index (χ0) is 16.4. The molecule has 0 radical (unpaired) electrons. The molecule has 0 fully saturated rings. The number of hydrogen-bond acceptors (Lipinski definition) is 5. The Labute approximate surface area is 134 Å². The Morgan fingerprint density at radius 2 is 2.22 bits per heavy atom. The monoisotopic (exact) mass is 333 g/mol. The number of nitrogens with zero attached hydrogens (tertiary/aromatic N) is 3. The average Bonchev–Trinajstić information content (AvgIpc) is 3.06. The summed E-state index contributed by atoms with van der Waals surface area (Å²) in [5.41, 5.74) is 0.251. The van der Waals surface area contributed by atoms with Gasteiger partial charge in [0.15, 0.2) is 4.96 Å². The van der Waals surface area contributed by atoms with Gasteiger partial charge in [-0.2, -0.15) is 0 Å². The zero-order valence-electron chi connectivity index (χ0n) is 12.4. The Hall–Kier alpha value is -2.68. The number of H-pyrrole nitrogens is 1. The highest BCUT2D eigenvalue weighted by Crippen LogP contribution is 2.11. The van der Waals surface area contributed by atoms with E-state index in [-0.39, 0.29) is 12.5 Å². The molecule has 2 N–H and O–H groups in total. The Bertz CT molecular complexity index is 936. The van der Waals surface area contributed by atoms with Crippen LogP contribution in [0.1, 0.15) is 11.3 Å². The van der Waals surface area contributed by atoms with Gasteiger partial charge in [-0.3, -0.25) is 23.5 Å². The lowest BCUT2D eigenvalue weighted by Crippen LogP contribution is -2.37. The summed E-state index contributed by atoms with van der Waals surface area (Å²) in [6, 6.07) is 0. The van der Waals surface area contributed by atoms with Crippen molar-refractivity contribution in [1.29, 1.82) is 0 Å². The van der Waals surface area contributed by atoms with Crippen LogP contribution in [0.4, 0.5) is 0 Å². The van der Waals surface area contributed by atoms with E-state index in [2.05, 4.69) is 15.3 Å². The molecule has 0 unspecified atom stereocenters. The third-order valence-corrected chi connectivity index (χ3v) is 4.12. The zero-order valence-corrected chi connectivity index (χ0v) is 13.2. The van der Waals surface area contributed by atoms with Crippen molar-refractivity contribution in [2.45, 2.75) is 19.9 Å².